The number of nitrogens with one attached hydrogen (secondary N) is 1. The number of morpholine rings is 1. The summed E-state index contributed by atoms with van der Waals surface area (Å²) in [5.74, 6) is -0.0782. The van der Waals surface area contributed by atoms with Crippen molar-refractivity contribution in [1.29, 1.82) is 0 Å². The van der Waals surface area contributed by atoms with E-state index in [1.165, 1.54) is 11.1 Å². The Morgan fingerprint density at radius 2 is 1.81 bits per heavy atom. The minimum atomic E-state index is -0.808. The van der Waals surface area contributed by atoms with Gasteiger partial charge in [0.25, 0.3) is 0 Å². The van der Waals surface area contributed by atoms with Crippen LogP contribution in [-0.2, 0) is 27.3 Å². The molecular formula is C20H27N3O3. The maximum atomic E-state index is 13.0. The van der Waals surface area contributed by atoms with E-state index in [1.54, 1.807) is 0 Å². The van der Waals surface area contributed by atoms with Crippen LogP contribution in [0.5, 0.6) is 0 Å². The van der Waals surface area contributed by atoms with E-state index >= 15 is 0 Å². The lowest BCUT2D eigenvalue weighted by Crippen LogP contribution is -2.48. The summed E-state index contributed by atoms with van der Waals surface area (Å²) in [5.41, 5.74) is 1.71. The van der Waals surface area contributed by atoms with E-state index < -0.39 is 5.41 Å². The van der Waals surface area contributed by atoms with Crippen molar-refractivity contribution in [2.45, 2.75) is 25.8 Å². The minimum Gasteiger partial charge on any atom is -0.379 e. The predicted molar refractivity (Wildman–Crippen MR) is 97.5 cm³/mol. The van der Waals surface area contributed by atoms with Crippen molar-refractivity contribution in [2.75, 3.05) is 45.9 Å². The van der Waals surface area contributed by atoms with E-state index in [9.17, 15) is 9.59 Å². The molecule has 1 N–H and O–H groups in total. The molecule has 2 amide bonds. The summed E-state index contributed by atoms with van der Waals surface area (Å²) in [6.45, 7) is 6.07. The quantitative estimate of drug-likeness (QED) is 0.792. The van der Waals surface area contributed by atoms with Crippen molar-refractivity contribution in [3.8, 4) is 0 Å². The second-order valence-corrected chi connectivity index (χ2v) is 7.54. The number of amides is 2. The highest BCUT2D eigenvalue weighted by Crippen LogP contribution is 2.48. The van der Waals surface area contributed by atoms with Gasteiger partial charge in [0.1, 0.15) is 5.41 Å². The first-order valence-electron chi connectivity index (χ1n) is 9.64. The fourth-order valence-corrected chi connectivity index (χ4v) is 3.96. The van der Waals surface area contributed by atoms with Gasteiger partial charge >= 0.3 is 0 Å². The first kappa shape index (κ1) is 17.5. The molecule has 1 aliphatic carbocycles. The summed E-state index contributed by atoms with van der Waals surface area (Å²) in [6.07, 6.45) is 2.22. The number of ether oxygens (including phenoxy) is 1. The first-order chi connectivity index (χ1) is 12.7. The zero-order valence-corrected chi connectivity index (χ0v) is 15.2. The summed E-state index contributed by atoms with van der Waals surface area (Å²) in [6, 6.07) is 8.26. The lowest BCUT2D eigenvalue weighted by Gasteiger charge is -2.32. The van der Waals surface area contributed by atoms with Gasteiger partial charge < -0.3 is 15.0 Å². The lowest BCUT2D eigenvalue weighted by molar-refractivity contribution is -0.145. The highest BCUT2D eigenvalue weighted by atomic mass is 16.5. The van der Waals surface area contributed by atoms with Crippen LogP contribution >= 0.6 is 0 Å². The lowest BCUT2D eigenvalue weighted by atomic mass is 9.97. The van der Waals surface area contributed by atoms with Crippen LogP contribution in [0.1, 0.15) is 24.0 Å². The molecule has 6 nitrogen and oxygen atoms in total. The van der Waals surface area contributed by atoms with Gasteiger partial charge in [0.15, 0.2) is 0 Å². The van der Waals surface area contributed by atoms with Gasteiger partial charge in [-0.2, -0.15) is 0 Å². The summed E-state index contributed by atoms with van der Waals surface area (Å²) < 4.78 is 5.34. The molecule has 26 heavy (non-hydrogen) atoms. The topological polar surface area (TPSA) is 61.9 Å². The predicted octanol–water partition coefficient (Wildman–Crippen LogP) is 0.800. The summed E-state index contributed by atoms with van der Waals surface area (Å²) in [5, 5.41) is 3.00. The second-order valence-electron chi connectivity index (χ2n) is 7.54. The average Bonchev–Trinajstić information content (AvgIpc) is 3.50. The van der Waals surface area contributed by atoms with E-state index in [4.69, 9.17) is 4.74 Å². The molecule has 1 saturated carbocycles. The molecule has 0 spiro atoms. The molecule has 6 heteroatoms. The Morgan fingerprint density at radius 3 is 2.54 bits per heavy atom. The monoisotopic (exact) mass is 357 g/mol. The van der Waals surface area contributed by atoms with Crippen LogP contribution in [0.4, 0.5) is 0 Å². The first-order valence-corrected chi connectivity index (χ1v) is 9.64. The molecule has 0 radical (unpaired) electrons. The fourth-order valence-electron chi connectivity index (χ4n) is 3.96. The van der Waals surface area contributed by atoms with Crippen molar-refractivity contribution in [3.05, 3.63) is 35.4 Å². The molecule has 2 heterocycles. The van der Waals surface area contributed by atoms with E-state index in [1.807, 2.05) is 17.0 Å². The Labute approximate surface area is 154 Å². The molecule has 2 aliphatic heterocycles. The van der Waals surface area contributed by atoms with Gasteiger partial charge in [-0.1, -0.05) is 24.3 Å². The van der Waals surface area contributed by atoms with Gasteiger partial charge in [0.2, 0.25) is 11.8 Å². The largest absolute Gasteiger partial charge is 0.379 e. The van der Waals surface area contributed by atoms with Crippen LogP contribution < -0.4 is 5.32 Å². The third kappa shape index (κ3) is 3.48. The van der Waals surface area contributed by atoms with Crippen LogP contribution in [0.3, 0.4) is 0 Å². The van der Waals surface area contributed by atoms with Gasteiger partial charge in [-0.05, 0) is 30.4 Å². The Bertz CT molecular complexity index is 681. The highest BCUT2D eigenvalue weighted by Gasteiger charge is 2.58. The number of carbonyl (C=O) groups excluding carboxylic acids is 2. The number of rotatable bonds is 5. The summed E-state index contributed by atoms with van der Waals surface area (Å²) >= 11 is 0. The standard InChI is InChI=1S/C20H27N3O3/c24-18(21-8-10-22-11-13-26-14-12-22)20(6-7-20)19(25)23-9-5-16-3-1-2-4-17(16)15-23/h1-4H,5-15H2,(H,21,24). The number of hydrogen-bond acceptors (Lipinski definition) is 4. The van der Waals surface area contributed by atoms with Gasteiger partial charge in [0, 0.05) is 39.3 Å². The normalized spacial score (nSPS) is 21.8. The Kier molecular flexibility index (Phi) is 4.96. The van der Waals surface area contributed by atoms with Crippen LogP contribution in [0.25, 0.3) is 0 Å². The van der Waals surface area contributed by atoms with Gasteiger partial charge in [-0.25, -0.2) is 0 Å². The van der Waals surface area contributed by atoms with Gasteiger partial charge in [-0.3, -0.25) is 14.5 Å². The van der Waals surface area contributed by atoms with E-state index in [-0.39, 0.29) is 11.8 Å². The van der Waals surface area contributed by atoms with Crippen molar-refractivity contribution >= 4 is 11.8 Å². The molecule has 1 aromatic carbocycles. The van der Waals surface area contributed by atoms with Crippen LogP contribution in [0.15, 0.2) is 24.3 Å². The molecule has 1 saturated heterocycles. The summed E-state index contributed by atoms with van der Waals surface area (Å²) in [4.78, 5) is 29.9. The van der Waals surface area contributed by atoms with Crippen molar-refractivity contribution in [3.63, 3.8) is 0 Å². The molecule has 140 valence electrons. The Balaban J connectivity index is 1.31. The third-order valence-electron chi connectivity index (χ3n) is 5.83. The number of carbonyl (C=O) groups is 2. The molecule has 3 aliphatic rings. The number of hydrogen-bond donors (Lipinski definition) is 1. The minimum absolute atomic E-state index is 0.0101. The van der Waals surface area contributed by atoms with Crippen molar-refractivity contribution in [1.82, 2.24) is 15.1 Å². The average molecular weight is 357 g/mol. The maximum absolute atomic E-state index is 13.0. The molecule has 0 aromatic heterocycles. The van der Waals surface area contributed by atoms with Crippen molar-refractivity contribution < 1.29 is 14.3 Å². The molecule has 0 bridgehead atoms. The van der Waals surface area contributed by atoms with Crippen molar-refractivity contribution in [2.24, 2.45) is 5.41 Å². The summed E-state index contributed by atoms with van der Waals surface area (Å²) in [7, 11) is 0. The van der Waals surface area contributed by atoms with Gasteiger partial charge in [-0.15, -0.1) is 0 Å². The molecule has 0 unspecified atom stereocenters. The smallest absolute Gasteiger partial charge is 0.238 e. The maximum Gasteiger partial charge on any atom is 0.238 e. The molecule has 4 rings (SSSR count). The molecule has 1 aromatic rings. The van der Waals surface area contributed by atoms with Crippen LogP contribution in [0.2, 0.25) is 0 Å². The zero-order valence-electron chi connectivity index (χ0n) is 15.2. The number of fused-ring (bicyclic) bond motifs is 1. The van der Waals surface area contributed by atoms with E-state index in [2.05, 4.69) is 22.3 Å². The van der Waals surface area contributed by atoms with Crippen LogP contribution in [0, 0.1) is 5.41 Å². The van der Waals surface area contributed by atoms with E-state index in [0.29, 0.717) is 32.5 Å². The zero-order chi connectivity index (χ0) is 18.0. The second kappa shape index (κ2) is 7.37. The van der Waals surface area contributed by atoms with E-state index in [0.717, 1.165) is 39.3 Å². The molecule has 2 fully saturated rings. The Morgan fingerprint density at radius 1 is 1.08 bits per heavy atom. The SMILES string of the molecule is O=C(NCCN1CCOCC1)C1(C(=O)N2CCc3ccccc3C2)CC1. The number of benzene rings is 1. The fraction of sp³-hybridized carbons (Fsp3) is 0.600. The number of nitrogens with zero attached hydrogens (tertiary/aromatic N) is 2. The van der Waals surface area contributed by atoms with Gasteiger partial charge in [0.05, 0.1) is 13.2 Å². The molecular weight excluding hydrogens is 330 g/mol. The third-order valence-corrected chi connectivity index (χ3v) is 5.83. The Hall–Kier alpha value is -1.92. The highest BCUT2D eigenvalue weighted by molar-refractivity contribution is 6.07. The molecule has 0 atom stereocenters. The van der Waals surface area contributed by atoms with Crippen LogP contribution in [-0.4, -0.2) is 67.6 Å².